The van der Waals surface area contributed by atoms with Crippen molar-refractivity contribution in [2.75, 3.05) is 49.6 Å². The molecule has 2 aliphatic heterocycles. The molecule has 3 fully saturated rings. The zero-order chi connectivity index (χ0) is 32.2. The van der Waals surface area contributed by atoms with Gasteiger partial charge in [-0.2, -0.15) is 5.26 Å². The van der Waals surface area contributed by atoms with E-state index in [1.807, 2.05) is 15.9 Å². The molecule has 8 nitrogen and oxygen atoms in total. The number of thiazole rings is 1. The van der Waals surface area contributed by atoms with Gasteiger partial charge in [-0.15, -0.1) is 0 Å². The van der Waals surface area contributed by atoms with Crippen LogP contribution in [0.3, 0.4) is 0 Å². The van der Waals surface area contributed by atoms with Crippen LogP contribution < -0.4 is 9.80 Å². The number of alkyl halides is 2. The molecule has 4 heterocycles. The summed E-state index contributed by atoms with van der Waals surface area (Å²) in [6.45, 7) is 2.96. The lowest BCUT2D eigenvalue weighted by molar-refractivity contribution is -0.220. The van der Waals surface area contributed by atoms with Crippen LogP contribution in [-0.2, 0) is 6.42 Å². The highest BCUT2D eigenvalue weighted by Crippen LogP contribution is 2.50. The molecule has 2 saturated heterocycles. The van der Waals surface area contributed by atoms with E-state index in [0.29, 0.717) is 82.7 Å². The maximum atomic E-state index is 15.9. The summed E-state index contributed by atoms with van der Waals surface area (Å²) in [5, 5.41) is 32.1. The lowest BCUT2D eigenvalue weighted by Gasteiger charge is -2.62. The van der Waals surface area contributed by atoms with Gasteiger partial charge in [0.2, 0.25) is 0 Å². The number of β-amino-alcohol motifs (C(OH)–C–C–N with tert-alkyl or cyclic N) is 1. The largest absolute Gasteiger partial charge is 0.388 e. The first-order valence-electron chi connectivity index (χ1n) is 15.2. The number of benzene rings is 2. The smallest absolute Gasteiger partial charge is 0.253 e. The Morgan fingerprint density at radius 2 is 1.80 bits per heavy atom. The highest BCUT2D eigenvalue weighted by Gasteiger charge is 2.59. The van der Waals surface area contributed by atoms with Crippen molar-refractivity contribution >= 4 is 38.7 Å². The van der Waals surface area contributed by atoms with Crippen molar-refractivity contribution < 1.29 is 27.8 Å². The Morgan fingerprint density at radius 3 is 2.48 bits per heavy atom. The lowest BCUT2D eigenvalue weighted by atomic mass is 9.70. The highest BCUT2D eigenvalue weighted by atomic mass is 32.1. The van der Waals surface area contributed by atoms with Crippen LogP contribution in [0.25, 0.3) is 22.2 Å². The number of pyridine rings is 1. The molecule has 1 unspecified atom stereocenters. The molecule has 1 saturated carbocycles. The molecule has 1 spiro atoms. The number of anilines is 3. The van der Waals surface area contributed by atoms with Gasteiger partial charge in [-0.1, -0.05) is 11.3 Å². The van der Waals surface area contributed by atoms with Crippen LogP contribution in [0.1, 0.15) is 41.5 Å². The SMILES string of the molecule is CN(c1nc(-c2ccc(F)cc2)c(C#N)s1)c1c2c(nc3c(F)cc(N4CC5(CN(CC6(O)CC(F)(F)C6)C5)C4)cc13)C(O)CC2. The van der Waals surface area contributed by atoms with E-state index in [4.69, 9.17) is 4.98 Å². The van der Waals surface area contributed by atoms with Crippen molar-refractivity contribution in [3.63, 3.8) is 0 Å². The highest BCUT2D eigenvalue weighted by molar-refractivity contribution is 7.16. The van der Waals surface area contributed by atoms with Crippen LogP contribution in [0.4, 0.5) is 34.1 Å². The van der Waals surface area contributed by atoms with Gasteiger partial charge < -0.3 is 20.0 Å². The first-order chi connectivity index (χ1) is 21.8. The number of rotatable bonds is 6. The molecular formula is C33H30F4N6O2S. The molecule has 2 aromatic carbocycles. The number of nitriles is 1. The molecule has 0 bridgehead atoms. The van der Waals surface area contributed by atoms with Crippen LogP contribution in [-0.4, -0.2) is 76.4 Å². The lowest BCUT2D eigenvalue weighted by Crippen LogP contribution is -2.74. The minimum absolute atomic E-state index is 0.0285. The van der Waals surface area contributed by atoms with E-state index in [9.17, 15) is 28.6 Å². The summed E-state index contributed by atoms with van der Waals surface area (Å²) in [7, 11) is 1.80. The van der Waals surface area contributed by atoms with E-state index in [-0.39, 0.29) is 17.5 Å². The van der Waals surface area contributed by atoms with Crippen LogP contribution in [0.2, 0.25) is 0 Å². The van der Waals surface area contributed by atoms with Crippen LogP contribution >= 0.6 is 11.3 Å². The Morgan fingerprint density at radius 1 is 1.09 bits per heavy atom. The molecule has 4 aromatic rings. The van der Waals surface area contributed by atoms with Gasteiger partial charge in [0.15, 0.2) is 10.9 Å². The van der Waals surface area contributed by atoms with Crippen molar-refractivity contribution in [1.82, 2.24) is 14.9 Å². The van der Waals surface area contributed by atoms with Gasteiger partial charge in [-0.05, 0) is 49.2 Å². The Hall–Kier alpha value is -3.83. The number of aliphatic hydroxyl groups is 2. The molecule has 2 N–H and O–H groups in total. The zero-order valence-electron chi connectivity index (χ0n) is 24.9. The number of likely N-dealkylation sites (tertiary alicyclic amines) is 1. The van der Waals surface area contributed by atoms with Crippen molar-refractivity contribution in [3.05, 3.63) is 64.2 Å². The molecule has 0 amide bonds. The zero-order valence-corrected chi connectivity index (χ0v) is 25.7. The van der Waals surface area contributed by atoms with E-state index in [1.165, 1.54) is 29.5 Å². The fourth-order valence-electron chi connectivity index (χ4n) is 7.88. The first kappa shape index (κ1) is 29.6. The average molecular weight is 651 g/mol. The van der Waals surface area contributed by atoms with E-state index in [2.05, 4.69) is 16.0 Å². The van der Waals surface area contributed by atoms with Crippen molar-refractivity contribution in [2.24, 2.45) is 5.41 Å². The second kappa shape index (κ2) is 10.1. The molecule has 2 aromatic heterocycles. The number of halogens is 4. The summed E-state index contributed by atoms with van der Waals surface area (Å²) >= 11 is 1.18. The number of hydrogen-bond acceptors (Lipinski definition) is 9. The third-order valence-corrected chi connectivity index (χ3v) is 10.8. The van der Waals surface area contributed by atoms with Gasteiger partial charge in [0.25, 0.3) is 5.92 Å². The van der Waals surface area contributed by atoms with Crippen LogP contribution in [0.15, 0.2) is 36.4 Å². The molecular weight excluding hydrogens is 620 g/mol. The third-order valence-electron chi connectivity index (χ3n) is 9.80. The summed E-state index contributed by atoms with van der Waals surface area (Å²) in [5.74, 6) is -3.70. The Labute approximate surface area is 266 Å². The summed E-state index contributed by atoms with van der Waals surface area (Å²) in [6, 6.07) is 11.3. The fraction of sp³-hybridized carbons (Fsp3) is 0.424. The molecule has 8 rings (SSSR count). The maximum Gasteiger partial charge on any atom is 0.253 e. The third kappa shape index (κ3) is 4.73. The molecule has 238 valence electrons. The minimum Gasteiger partial charge on any atom is -0.388 e. The first-order valence-corrected chi connectivity index (χ1v) is 16.0. The number of hydrogen-bond donors (Lipinski definition) is 2. The fourth-order valence-corrected chi connectivity index (χ4v) is 8.74. The van der Waals surface area contributed by atoms with E-state index < -0.39 is 42.1 Å². The summed E-state index contributed by atoms with van der Waals surface area (Å²) in [6.07, 6.45) is -0.831. The summed E-state index contributed by atoms with van der Waals surface area (Å²) in [4.78, 5) is 15.6. The van der Waals surface area contributed by atoms with Gasteiger partial charge in [-0.25, -0.2) is 27.5 Å². The second-order valence-corrected chi connectivity index (χ2v) is 14.5. The predicted octanol–water partition coefficient (Wildman–Crippen LogP) is 5.54. The second-order valence-electron chi connectivity index (χ2n) is 13.5. The van der Waals surface area contributed by atoms with Crippen molar-refractivity contribution in [3.8, 4) is 17.3 Å². The van der Waals surface area contributed by atoms with Crippen molar-refractivity contribution in [2.45, 2.75) is 43.3 Å². The van der Waals surface area contributed by atoms with E-state index in [0.717, 1.165) is 5.56 Å². The average Bonchev–Trinajstić information content (AvgIpc) is 3.55. The minimum atomic E-state index is -2.78. The molecule has 0 radical (unpaired) electrons. The molecule has 1 atom stereocenters. The summed E-state index contributed by atoms with van der Waals surface area (Å²) in [5.41, 5.74) is 2.38. The molecule has 2 aliphatic carbocycles. The van der Waals surface area contributed by atoms with Gasteiger partial charge in [-0.3, -0.25) is 4.90 Å². The Kier molecular flexibility index (Phi) is 6.48. The summed E-state index contributed by atoms with van der Waals surface area (Å²) < 4.78 is 56.1. The molecule has 46 heavy (non-hydrogen) atoms. The maximum absolute atomic E-state index is 15.9. The Bertz CT molecular complexity index is 1920. The van der Waals surface area contributed by atoms with Crippen LogP contribution in [0, 0.1) is 28.4 Å². The van der Waals surface area contributed by atoms with Gasteiger partial charge in [0.1, 0.15) is 28.0 Å². The number of aromatic nitrogens is 2. The molecule has 13 heteroatoms. The number of fused-ring (bicyclic) bond motifs is 2. The quantitative estimate of drug-likeness (QED) is 0.263. The monoisotopic (exact) mass is 650 g/mol. The van der Waals surface area contributed by atoms with Gasteiger partial charge in [0.05, 0.1) is 23.1 Å². The van der Waals surface area contributed by atoms with E-state index >= 15 is 4.39 Å². The normalized spacial score (nSPS) is 22.2. The predicted molar refractivity (Wildman–Crippen MR) is 165 cm³/mol. The van der Waals surface area contributed by atoms with Crippen LogP contribution in [0.5, 0.6) is 0 Å². The van der Waals surface area contributed by atoms with E-state index in [1.54, 1.807) is 19.2 Å². The standard InChI is InChI=1S/C33H30F4N6O2S/c1-41(30-40-26(25(10-38)46-30)18-2-4-19(34)5-3-18)29-21-6-7-24(44)28(21)39-27-22(29)8-20(9-23(27)35)43-15-31(16-43)13-42(14-31)17-32(45)11-33(36,37)12-32/h2-5,8-9,24,44-45H,6-7,11-17H2,1H3. The topological polar surface area (TPSA) is 99.8 Å². The van der Waals surface area contributed by atoms with Crippen molar-refractivity contribution in [1.29, 1.82) is 5.26 Å². The van der Waals surface area contributed by atoms with Gasteiger partial charge >= 0.3 is 0 Å². The van der Waals surface area contributed by atoms with Gasteiger partial charge in [0, 0.05) is 80.2 Å². The Balaban J connectivity index is 1.10. The number of nitrogens with zero attached hydrogens (tertiary/aromatic N) is 6. The molecule has 4 aliphatic rings. The number of aliphatic hydroxyl groups excluding tert-OH is 1.